The Morgan fingerprint density at radius 2 is 1.68 bits per heavy atom. The number of hydrogen-bond donors (Lipinski definition) is 1. The number of amides is 4. The summed E-state index contributed by atoms with van der Waals surface area (Å²) in [5.74, 6) is -1.01. The van der Waals surface area contributed by atoms with E-state index >= 15 is 0 Å². The molecular formula is C14H16N2O3. The van der Waals surface area contributed by atoms with Crippen molar-refractivity contribution < 1.29 is 14.4 Å². The van der Waals surface area contributed by atoms with Gasteiger partial charge < -0.3 is 0 Å². The zero-order valence-corrected chi connectivity index (χ0v) is 11.0. The van der Waals surface area contributed by atoms with E-state index in [1.54, 1.807) is 0 Å². The van der Waals surface area contributed by atoms with Crippen LogP contribution in [0, 0.1) is 0 Å². The van der Waals surface area contributed by atoms with E-state index < -0.39 is 17.8 Å². The monoisotopic (exact) mass is 260 g/mol. The highest BCUT2D eigenvalue weighted by molar-refractivity contribution is 6.26. The van der Waals surface area contributed by atoms with E-state index in [0.717, 1.165) is 16.0 Å². The maximum Gasteiger partial charge on any atom is 0.335 e. The zero-order chi connectivity index (χ0) is 14.0. The van der Waals surface area contributed by atoms with Crippen LogP contribution >= 0.6 is 0 Å². The molecular weight excluding hydrogens is 244 g/mol. The van der Waals surface area contributed by atoms with Crippen molar-refractivity contribution in [2.24, 2.45) is 0 Å². The van der Waals surface area contributed by atoms with Crippen molar-refractivity contribution >= 4 is 23.5 Å². The molecule has 5 heteroatoms. The Morgan fingerprint density at radius 1 is 1.11 bits per heavy atom. The summed E-state index contributed by atoms with van der Waals surface area (Å²) in [5.41, 5.74) is 2.48. The highest BCUT2D eigenvalue weighted by Gasteiger charge is 2.34. The largest absolute Gasteiger partial charge is 0.335 e. The van der Waals surface area contributed by atoms with Crippen LogP contribution in [-0.4, -0.2) is 17.8 Å². The van der Waals surface area contributed by atoms with E-state index in [-0.39, 0.29) is 6.42 Å². The third-order valence-electron chi connectivity index (χ3n) is 3.20. The average molecular weight is 260 g/mol. The van der Waals surface area contributed by atoms with Crippen LogP contribution in [0.3, 0.4) is 0 Å². The van der Waals surface area contributed by atoms with Crippen molar-refractivity contribution in [1.82, 2.24) is 5.32 Å². The number of nitrogens with one attached hydrogen (secondary N) is 1. The number of para-hydroxylation sites is 1. The highest BCUT2D eigenvalue weighted by Crippen LogP contribution is 2.28. The second-order valence-corrected chi connectivity index (χ2v) is 4.39. The van der Waals surface area contributed by atoms with E-state index in [1.807, 2.05) is 32.0 Å². The fourth-order valence-electron chi connectivity index (χ4n) is 2.28. The quantitative estimate of drug-likeness (QED) is 0.842. The normalized spacial score (nSPS) is 15.7. The highest BCUT2D eigenvalue weighted by atomic mass is 16.2. The number of rotatable bonds is 3. The SMILES string of the molecule is CCc1cccc(CC)c1N1C(=O)CC(=O)NC1=O. The summed E-state index contributed by atoms with van der Waals surface area (Å²) in [7, 11) is 0. The summed E-state index contributed by atoms with van der Waals surface area (Å²) in [6.07, 6.45) is 1.15. The van der Waals surface area contributed by atoms with Gasteiger partial charge in [-0.05, 0) is 24.0 Å². The first-order chi connectivity index (χ1) is 9.08. The molecule has 19 heavy (non-hydrogen) atoms. The van der Waals surface area contributed by atoms with Gasteiger partial charge in [-0.25, -0.2) is 9.69 Å². The van der Waals surface area contributed by atoms with E-state index in [1.165, 1.54) is 0 Å². The number of hydrogen-bond acceptors (Lipinski definition) is 3. The van der Waals surface area contributed by atoms with Crippen LogP contribution in [0.1, 0.15) is 31.4 Å². The molecule has 1 aromatic rings. The fraction of sp³-hybridized carbons (Fsp3) is 0.357. The number of urea groups is 1. The molecule has 100 valence electrons. The summed E-state index contributed by atoms with van der Waals surface area (Å²) in [6.45, 7) is 3.94. The van der Waals surface area contributed by atoms with Crippen molar-refractivity contribution in [3.05, 3.63) is 29.3 Å². The van der Waals surface area contributed by atoms with E-state index in [2.05, 4.69) is 5.32 Å². The number of carbonyl (C=O) groups excluding carboxylic acids is 3. The van der Waals surface area contributed by atoms with Crippen LogP contribution in [0.4, 0.5) is 10.5 Å². The minimum atomic E-state index is -0.656. The van der Waals surface area contributed by atoms with Crippen molar-refractivity contribution in [1.29, 1.82) is 0 Å². The van der Waals surface area contributed by atoms with Crippen molar-refractivity contribution in [2.45, 2.75) is 33.1 Å². The predicted molar refractivity (Wildman–Crippen MR) is 70.8 cm³/mol. The summed E-state index contributed by atoms with van der Waals surface area (Å²) < 4.78 is 0. The second-order valence-electron chi connectivity index (χ2n) is 4.39. The molecule has 1 N–H and O–H groups in total. The summed E-state index contributed by atoms with van der Waals surface area (Å²) >= 11 is 0. The summed E-state index contributed by atoms with van der Waals surface area (Å²) in [4.78, 5) is 36.2. The molecule has 1 aliphatic rings. The van der Waals surface area contributed by atoms with Crippen molar-refractivity contribution in [3.8, 4) is 0 Å². The fourth-order valence-corrected chi connectivity index (χ4v) is 2.28. The lowest BCUT2D eigenvalue weighted by atomic mass is 10.0. The molecule has 2 rings (SSSR count). The maximum absolute atomic E-state index is 12.0. The van der Waals surface area contributed by atoms with Crippen molar-refractivity contribution in [3.63, 3.8) is 0 Å². The molecule has 4 amide bonds. The lowest BCUT2D eigenvalue weighted by molar-refractivity contribution is -0.128. The Labute approximate surface area is 111 Å². The Kier molecular flexibility index (Phi) is 3.64. The Bertz CT molecular complexity index is 509. The van der Waals surface area contributed by atoms with Crippen LogP contribution in [0.15, 0.2) is 18.2 Å². The number of aryl methyl sites for hydroxylation is 2. The third-order valence-corrected chi connectivity index (χ3v) is 3.20. The number of anilines is 1. The van der Waals surface area contributed by atoms with Crippen molar-refractivity contribution in [2.75, 3.05) is 4.90 Å². The molecule has 0 unspecified atom stereocenters. The van der Waals surface area contributed by atoms with Gasteiger partial charge in [0.2, 0.25) is 11.8 Å². The average Bonchev–Trinajstić information content (AvgIpc) is 2.37. The van der Waals surface area contributed by atoms with Gasteiger partial charge in [0.1, 0.15) is 6.42 Å². The van der Waals surface area contributed by atoms with Gasteiger partial charge in [-0.2, -0.15) is 0 Å². The van der Waals surface area contributed by atoms with Gasteiger partial charge in [-0.15, -0.1) is 0 Å². The molecule has 1 fully saturated rings. The first kappa shape index (κ1) is 13.3. The van der Waals surface area contributed by atoms with Gasteiger partial charge in [0.15, 0.2) is 0 Å². The van der Waals surface area contributed by atoms with E-state index in [9.17, 15) is 14.4 Å². The molecule has 1 saturated heterocycles. The maximum atomic E-state index is 12.0. The predicted octanol–water partition coefficient (Wildman–Crippen LogP) is 1.78. The first-order valence-electron chi connectivity index (χ1n) is 6.36. The Balaban J connectivity index is 2.54. The van der Waals surface area contributed by atoms with Gasteiger partial charge in [-0.1, -0.05) is 32.0 Å². The second kappa shape index (κ2) is 5.22. The standard InChI is InChI=1S/C14H16N2O3/c1-3-9-6-5-7-10(4-2)13(9)16-12(18)8-11(17)15-14(16)19/h5-7H,3-4,8H2,1-2H3,(H,15,17,19). The first-order valence-corrected chi connectivity index (χ1v) is 6.36. The molecule has 0 spiro atoms. The molecule has 1 aromatic carbocycles. The van der Waals surface area contributed by atoms with Gasteiger partial charge in [0.25, 0.3) is 0 Å². The van der Waals surface area contributed by atoms with Crippen LogP contribution in [0.2, 0.25) is 0 Å². The zero-order valence-electron chi connectivity index (χ0n) is 11.0. The molecule has 0 saturated carbocycles. The smallest absolute Gasteiger partial charge is 0.277 e. The lowest BCUT2D eigenvalue weighted by Crippen LogP contribution is -2.53. The number of benzene rings is 1. The lowest BCUT2D eigenvalue weighted by Gasteiger charge is -2.28. The molecule has 0 radical (unpaired) electrons. The van der Waals surface area contributed by atoms with Gasteiger partial charge >= 0.3 is 6.03 Å². The molecule has 0 aliphatic carbocycles. The van der Waals surface area contributed by atoms with Gasteiger partial charge in [0.05, 0.1) is 5.69 Å². The number of carbonyl (C=O) groups is 3. The van der Waals surface area contributed by atoms with E-state index in [4.69, 9.17) is 0 Å². The van der Waals surface area contributed by atoms with E-state index in [0.29, 0.717) is 18.5 Å². The summed E-state index contributed by atoms with van der Waals surface area (Å²) in [5, 5.41) is 2.19. The topological polar surface area (TPSA) is 66.5 Å². The number of barbiturate groups is 1. The van der Waals surface area contributed by atoms with Crippen LogP contribution < -0.4 is 10.2 Å². The molecule has 5 nitrogen and oxygen atoms in total. The number of imide groups is 2. The Morgan fingerprint density at radius 3 is 2.16 bits per heavy atom. The van der Waals surface area contributed by atoms with Gasteiger partial charge in [0, 0.05) is 0 Å². The molecule has 0 bridgehead atoms. The number of nitrogens with zero attached hydrogens (tertiary/aromatic N) is 1. The molecule has 0 atom stereocenters. The molecule has 0 aromatic heterocycles. The summed E-state index contributed by atoms with van der Waals surface area (Å²) in [6, 6.07) is 5.05. The van der Waals surface area contributed by atoms with Gasteiger partial charge in [-0.3, -0.25) is 14.9 Å². The molecule has 1 heterocycles. The minimum Gasteiger partial charge on any atom is -0.277 e. The minimum absolute atomic E-state index is 0.285. The van der Waals surface area contributed by atoms with Crippen LogP contribution in [0.25, 0.3) is 0 Å². The molecule has 1 aliphatic heterocycles. The van der Waals surface area contributed by atoms with Crippen LogP contribution in [0.5, 0.6) is 0 Å². The van der Waals surface area contributed by atoms with Crippen LogP contribution in [-0.2, 0) is 22.4 Å². The third kappa shape index (κ3) is 2.36. The Hall–Kier alpha value is -2.17.